The number of carbonyl (C=O) groups excluding carboxylic acids is 4. The van der Waals surface area contributed by atoms with Gasteiger partial charge in [-0.3, -0.25) is 38.4 Å². The van der Waals surface area contributed by atoms with Crippen molar-refractivity contribution in [3.63, 3.8) is 0 Å². The van der Waals surface area contributed by atoms with Crippen LogP contribution in [0.4, 0.5) is 0 Å². The Morgan fingerprint density at radius 3 is 0.938 bits per heavy atom. The number of hydrogen-bond donors (Lipinski definition) is 0. The van der Waals surface area contributed by atoms with Crippen molar-refractivity contribution in [2.24, 2.45) is 9.98 Å². The lowest BCUT2D eigenvalue weighted by molar-refractivity contribution is -0.166. The van der Waals surface area contributed by atoms with Crippen LogP contribution in [0.3, 0.4) is 0 Å². The Kier molecular flexibility index (Phi) is 12.7. The van der Waals surface area contributed by atoms with Crippen LogP contribution in [-0.4, -0.2) is 23.9 Å². The van der Waals surface area contributed by atoms with Gasteiger partial charge in [0, 0.05) is 42.4 Å². The summed E-state index contributed by atoms with van der Waals surface area (Å²) >= 11 is 3.45. The van der Waals surface area contributed by atoms with E-state index in [2.05, 4.69) is 0 Å². The highest BCUT2D eigenvalue weighted by molar-refractivity contribution is 7.39. The maximum absolute atomic E-state index is 15.6. The lowest BCUT2D eigenvalue weighted by Gasteiger charge is -2.27. The fraction of sp³-hybridized carbons (Fsp3) is 0.0938. The number of fused-ring (bicyclic) bond motifs is 9. The first-order valence-corrected chi connectivity index (χ1v) is 27.8. The second-order valence-electron chi connectivity index (χ2n) is 19.2. The van der Waals surface area contributed by atoms with Gasteiger partial charge in [-0.2, -0.15) is 0 Å². The van der Waals surface area contributed by atoms with Gasteiger partial charge in [-0.25, -0.2) is 9.98 Å². The normalized spacial score (nSPS) is 14.5. The average molecular weight is 1120 g/mol. The molecule has 0 bridgehead atoms. The van der Waals surface area contributed by atoms with Crippen LogP contribution >= 0.6 is 34.0 Å². The highest BCUT2D eigenvalue weighted by atomic mass is 32.1. The molecular formula is C64H38N2O12S3. The maximum Gasteiger partial charge on any atom is 0.334 e. The second kappa shape index (κ2) is 20.2. The minimum Gasteiger partial charge on any atom is -0.459 e. The fourth-order valence-corrected chi connectivity index (χ4v) is 15.2. The van der Waals surface area contributed by atoms with E-state index in [0.717, 1.165) is 11.3 Å². The number of benzene rings is 6. The van der Waals surface area contributed by atoms with E-state index in [1.807, 2.05) is 0 Å². The minimum absolute atomic E-state index is 0.104. The third-order valence-electron chi connectivity index (χ3n) is 14.5. The van der Waals surface area contributed by atoms with Crippen LogP contribution in [0.25, 0.3) is 52.5 Å². The van der Waals surface area contributed by atoms with Crippen molar-refractivity contribution in [1.29, 1.82) is 0 Å². The Labute approximate surface area is 469 Å². The van der Waals surface area contributed by atoms with Crippen LogP contribution in [0.1, 0.15) is 43.1 Å². The Balaban J connectivity index is 1.06. The van der Waals surface area contributed by atoms with Gasteiger partial charge in [0.1, 0.15) is 37.1 Å². The van der Waals surface area contributed by atoms with E-state index < -0.39 is 56.4 Å². The zero-order chi connectivity index (χ0) is 55.6. The van der Waals surface area contributed by atoms with Crippen molar-refractivity contribution in [2.75, 3.05) is 0 Å². The van der Waals surface area contributed by atoms with Crippen molar-refractivity contribution in [3.05, 3.63) is 276 Å². The highest BCUT2D eigenvalue weighted by Crippen LogP contribution is 2.60. The van der Waals surface area contributed by atoms with E-state index in [1.165, 1.54) is 47.0 Å². The van der Waals surface area contributed by atoms with E-state index in [4.69, 9.17) is 28.9 Å². The first kappa shape index (κ1) is 50.8. The van der Waals surface area contributed by atoms with Crippen LogP contribution in [0.5, 0.6) is 0 Å². The molecule has 3 aromatic heterocycles. The van der Waals surface area contributed by atoms with Gasteiger partial charge in [0.15, 0.2) is 0 Å². The molecule has 0 fully saturated rings. The summed E-state index contributed by atoms with van der Waals surface area (Å²) in [7, 11) is 0. The predicted octanol–water partition coefficient (Wildman–Crippen LogP) is 9.04. The molecule has 2 aliphatic carbocycles. The Bertz CT molecular complexity index is 4410. The summed E-state index contributed by atoms with van der Waals surface area (Å²) in [5.41, 5.74) is -6.51. The first-order chi connectivity index (χ1) is 39.5. The SMILES string of the molecule is O=C(OCc1ccccc1)C1(C(=O)OCc2ccccc2)C(/N=c2\c(=O)c(=O)c3ccccc23)=Cc2sc3c(sc4c5c(sc43)C=C(/N=c3\c(=O)c(=O)c4ccccc34)C5(C(=O)OCc3ccccc3)C(=O)OCc3ccccc3)c21. The topological polar surface area (TPSA) is 198 Å². The molecule has 3 heterocycles. The van der Waals surface area contributed by atoms with E-state index in [-0.39, 0.29) is 81.2 Å². The smallest absolute Gasteiger partial charge is 0.334 e. The largest absolute Gasteiger partial charge is 0.459 e. The Morgan fingerprint density at radius 1 is 0.346 bits per heavy atom. The average Bonchev–Trinajstić information content (AvgIpc) is 2.14. The third-order valence-corrected chi connectivity index (χ3v) is 18.4. The van der Waals surface area contributed by atoms with Crippen molar-refractivity contribution in [3.8, 4) is 0 Å². The molecule has 0 N–H and O–H groups in total. The van der Waals surface area contributed by atoms with Gasteiger partial charge in [-0.1, -0.05) is 170 Å². The van der Waals surface area contributed by atoms with Crippen LogP contribution < -0.4 is 32.4 Å². The number of hydrogen-bond acceptors (Lipinski definition) is 17. The molecule has 17 heteroatoms. The quantitative estimate of drug-likeness (QED) is 0.0434. The van der Waals surface area contributed by atoms with Crippen LogP contribution in [0.15, 0.2) is 210 Å². The van der Waals surface area contributed by atoms with E-state index >= 15 is 19.2 Å². The zero-order valence-corrected chi connectivity index (χ0v) is 44.6. The second-order valence-corrected chi connectivity index (χ2v) is 22.4. The van der Waals surface area contributed by atoms with E-state index in [1.54, 1.807) is 158 Å². The molecule has 8 aromatic carbocycles. The summed E-state index contributed by atoms with van der Waals surface area (Å²) in [6.07, 6.45) is 3.05. The molecule has 0 atom stereocenters. The molecule has 0 saturated carbocycles. The third kappa shape index (κ3) is 8.18. The van der Waals surface area contributed by atoms with Crippen molar-refractivity contribution < 1.29 is 38.1 Å². The van der Waals surface area contributed by atoms with E-state index in [0.29, 0.717) is 50.8 Å². The van der Waals surface area contributed by atoms with Gasteiger partial charge in [0.2, 0.25) is 21.7 Å². The standard InChI is InChI=1S/C64H38N2O12S3/c67-51-41-27-15-13-25-39(41)49(53(51)69)65-45-29-43-47(63(45,59(71)75-31-35-17-5-1-6-18-35)60(72)76-32-36-19-7-2-8-20-36)55-57(79-43)58-56(81-55)48-44(80-58)30-46(66-50-40-26-14-16-28-42(40)52(68)54(50)70)64(48,61(73)77-33-37-21-9-3-10-22-37)62(74)78-34-38-23-11-4-12-24-38/h1-30H,31-34H2/b65-49-,66-50-. The molecular weight excluding hydrogens is 1080 g/mol. The molecule has 0 aliphatic heterocycles. The van der Waals surface area contributed by atoms with Gasteiger partial charge in [0.05, 0.1) is 30.2 Å². The summed E-state index contributed by atoms with van der Waals surface area (Å²) in [4.78, 5) is 128. The molecule has 11 aromatic rings. The van der Waals surface area contributed by atoms with Gasteiger partial charge in [0.25, 0.3) is 10.9 Å². The fourth-order valence-electron chi connectivity index (χ4n) is 10.6. The van der Waals surface area contributed by atoms with Crippen molar-refractivity contribution in [2.45, 2.75) is 37.3 Å². The molecule has 0 unspecified atom stereocenters. The first-order valence-electron chi connectivity index (χ1n) is 25.3. The predicted molar refractivity (Wildman–Crippen MR) is 308 cm³/mol. The van der Waals surface area contributed by atoms with Gasteiger partial charge >= 0.3 is 23.9 Å². The zero-order valence-electron chi connectivity index (χ0n) is 42.2. The summed E-state index contributed by atoms with van der Waals surface area (Å²) in [6, 6.07) is 47.9. The molecule has 2 aliphatic rings. The number of esters is 4. The van der Waals surface area contributed by atoms with Gasteiger partial charge in [-0.15, -0.1) is 34.0 Å². The number of thiophene rings is 3. The monoisotopic (exact) mass is 1120 g/mol. The summed E-state index contributed by atoms with van der Waals surface area (Å²) in [5, 5.41) is 0.0535. The summed E-state index contributed by atoms with van der Waals surface area (Å²) in [6.45, 7) is -1.16. The van der Waals surface area contributed by atoms with Crippen molar-refractivity contribution in [1.82, 2.24) is 0 Å². The molecule has 0 spiro atoms. The van der Waals surface area contributed by atoms with Crippen LogP contribution in [0.2, 0.25) is 0 Å². The molecule has 13 rings (SSSR count). The lowest BCUT2D eigenvalue weighted by atomic mass is 9.80. The lowest BCUT2D eigenvalue weighted by Crippen LogP contribution is -2.47. The number of rotatable bonds is 14. The van der Waals surface area contributed by atoms with Gasteiger partial charge < -0.3 is 18.9 Å². The number of nitrogens with zero attached hydrogens (tertiary/aromatic N) is 2. The maximum atomic E-state index is 15.6. The molecule has 394 valence electrons. The Hall–Kier alpha value is -9.68. The van der Waals surface area contributed by atoms with E-state index in [9.17, 15) is 19.2 Å². The minimum atomic E-state index is -2.56. The molecule has 81 heavy (non-hydrogen) atoms. The molecule has 14 nitrogen and oxygen atoms in total. The molecule has 0 saturated heterocycles. The summed E-state index contributed by atoms with van der Waals surface area (Å²) < 4.78 is 26.4. The van der Waals surface area contributed by atoms with Gasteiger partial charge in [-0.05, 0) is 34.4 Å². The van der Waals surface area contributed by atoms with Crippen LogP contribution in [0, 0.1) is 0 Å². The molecule has 0 radical (unpaired) electrons. The Morgan fingerprint density at radius 2 is 0.630 bits per heavy atom. The van der Waals surface area contributed by atoms with Crippen LogP contribution in [-0.2, 0) is 75.4 Å². The highest BCUT2D eigenvalue weighted by Gasteiger charge is 2.62. The number of carbonyl (C=O) groups is 4. The molecule has 0 amide bonds. The van der Waals surface area contributed by atoms with Crippen molar-refractivity contribution >= 4 is 110 Å². The summed E-state index contributed by atoms with van der Waals surface area (Å²) in [5.74, 6) is -4.37. The number of ether oxygens (including phenoxy) is 4.